The molecular weight excluding hydrogens is 158 g/mol. The van der Waals surface area contributed by atoms with E-state index in [1.165, 1.54) is 12.3 Å². The molecule has 0 amide bonds. The smallest absolute Gasteiger partial charge is 0.402 e. The molecule has 0 unspecified atom stereocenters. The van der Waals surface area contributed by atoms with Crippen LogP contribution in [0.25, 0.3) is 0 Å². The van der Waals surface area contributed by atoms with E-state index < -0.39 is 5.97 Å². The van der Waals surface area contributed by atoms with Crippen LogP contribution in [0.5, 0.6) is 0 Å². The number of aromatic carboxylic acids is 1. The van der Waals surface area contributed by atoms with Crippen LogP contribution < -0.4 is 4.73 Å². The van der Waals surface area contributed by atoms with Gasteiger partial charge in [-0.05, 0) is 12.0 Å². The SMILES string of the molecule is CCc1cc[n+]([O-])c(C(=O)O)c1. The lowest BCUT2D eigenvalue weighted by Crippen LogP contribution is -2.34. The Balaban J connectivity index is 3.17. The molecule has 1 aromatic heterocycles. The first kappa shape index (κ1) is 8.52. The summed E-state index contributed by atoms with van der Waals surface area (Å²) in [6, 6.07) is 2.99. The van der Waals surface area contributed by atoms with Gasteiger partial charge in [-0.3, -0.25) is 0 Å². The van der Waals surface area contributed by atoms with Crippen molar-refractivity contribution in [3.8, 4) is 0 Å². The van der Waals surface area contributed by atoms with Gasteiger partial charge < -0.3 is 10.3 Å². The minimum absolute atomic E-state index is 0.227. The number of carboxylic acids is 1. The molecule has 0 bridgehead atoms. The van der Waals surface area contributed by atoms with Crippen LogP contribution in [0.3, 0.4) is 0 Å². The van der Waals surface area contributed by atoms with Crippen molar-refractivity contribution in [3.63, 3.8) is 0 Å². The van der Waals surface area contributed by atoms with Gasteiger partial charge in [0.25, 0.3) is 0 Å². The zero-order valence-corrected chi connectivity index (χ0v) is 6.65. The summed E-state index contributed by atoms with van der Waals surface area (Å²) in [7, 11) is 0. The van der Waals surface area contributed by atoms with E-state index >= 15 is 0 Å². The van der Waals surface area contributed by atoms with Crippen LogP contribution in [0.15, 0.2) is 18.3 Å². The molecule has 0 fully saturated rings. The van der Waals surface area contributed by atoms with Gasteiger partial charge in [0.15, 0.2) is 6.20 Å². The van der Waals surface area contributed by atoms with Gasteiger partial charge in [-0.25, -0.2) is 4.79 Å². The van der Waals surface area contributed by atoms with Crippen molar-refractivity contribution in [2.75, 3.05) is 0 Å². The average molecular weight is 167 g/mol. The molecule has 0 saturated heterocycles. The fourth-order valence-electron chi connectivity index (χ4n) is 0.907. The molecule has 0 atom stereocenters. The predicted octanol–water partition coefficient (Wildman–Crippen LogP) is 0.581. The Hall–Kier alpha value is -1.58. The lowest BCUT2D eigenvalue weighted by molar-refractivity contribution is -0.608. The standard InChI is InChI=1S/C8H9NO3/c1-2-6-3-4-9(12)7(5-6)8(10)11/h3-5H,2H2,1H3,(H,10,11). The summed E-state index contributed by atoms with van der Waals surface area (Å²) in [5.41, 5.74) is 0.619. The number of hydrogen-bond donors (Lipinski definition) is 1. The Morgan fingerprint density at radius 3 is 2.92 bits per heavy atom. The first-order valence-corrected chi connectivity index (χ1v) is 3.60. The third-order valence-corrected chi connectivity index (χ3v) is 1.61. The maximum absolute atomic E-state index is 10.9. The maximum Gasteiger partial charge on any atom is 0.402 e. The van der Waals surface area contributed by atoms with E-state index in [0.717, 1.165) is 12.0 Å². The van der Waals surface area contributed by atoms with Crippen molar-refractivity contribution in [1.29, 1.82) is 0 Å². The summed E-state index contributed by atoms with van der Waals surface area (Å²) in [5.74, 6) is -1.19. The van der Waals surface area contributed by atoms with Crippen LogP contribution >= 0.6 is 0 Å². The van der Waals surface area contributed by atoms with Gasteiger partial charge in [0.2, 0.25) is 0 Å². The summed E-state index contributed by atoms with van der Waals surface area (Å²) in [4.78, 5) is 10.5. The number of pyridine rings is 1. The highest BCUT2D eigenvalue weighted by Crippen LogP contribution is 2.00. The van der Waals surface area contributed by atoms with Gasteiger partial charge in [-0.2, -0.15) is 4.73 Å². The summed E-state index contributed by atoms with van der Waals surface area (Å²) in [5, 5.41) is 19.4. The van der Waals surface area contributed by atoms with E-state index in [4.69, 9.17) is 5.11 Å². The number of aromatic nitrogens is 1. The van der Waals surface area contributed by atoms with Gasteiger partial charge in [0, 0.05) is 12.1 Å². The first-order chi connectivity index (χ1) is 5.65. The van der Waals surface area contributed by atoms with E-state index in [1.807, 2.05) is 6.92 Å². The highest BCUT2D eigenvalue weighted by Gasteiger charge is 2.13. The molecule has 1 rings (SSSR count). The monoisotopic (exact) mass is 167 g/mol. The lowest BCUT2D eigenvalue weighted by Gasteiger charge is -2.01. The number of carbonyl (C=O) groups is 1. The van der Waals surface area contributed by atoms with Crippen LogP contribution in [0.4, 0.5) is 0 Å². The van der Waals surface area contributed by atoms with Crippen LogP contribution in [-0.4, -0.2) is 11.1 Å². The molecule has 0 aliphatic heterocycles. The molecule has 4 heteroatoms. The molecule has 4 nitrogen and oxygen atoms in total. The van der Waals surface area contributed by atoms with Crippen molar-refractivity contribution in [3.05, 3.63) is 34.8 Å². The van der Waals surface area contributed by atoms with Crippen LogP contribution in [-0.2, 0) is 6.42 Å². The second-order valence-electron chi connectivity index (χ2n) is 2.40. The summed E-state index contributed by atoms with van der Waals surface area (Å²) < 4.78 is 0.349. The van der Waals surface area contributed by atoms with Crippen molar-refractivity contribution in [2.24, 2.45) is 0 Å². The molecule has 0 saturated carbocycles. The second kappa shape index (κ2) is 3.21. The fraction of sp³-hybridized carbons (Fsp3) is 0.250. The van der Waals surface area contributed by atoms with Crippen LogP contribution in [0.2, 0.25) is 0 Å². The first-order valence-electron chi connectivity index (χ1n) is 3.60. The highest BCUT2D eigenvalue weighted by atomic mass is 16.5. The molecular formula is C8H9NO3. The summed E-state index contributed by atoms with van der Waals surface area (Å²) in [6.07, 6.45) is 1.93. The molecule has 0 aliphatic carbocycles. The summed E-state index contributed by atoms with van der Waals surface area (Å²) >= 11 is 0. The molecule has 64 valence electrons. The van der Waals surface area contributed by atoms with E-state index in [0.29, 0.717) is 4.73 Å². The number of aryl methyl sites for hydroxylation is 1. The zero-order chi connectivity index (χ0) is 9.14. The van der Waals surface area contributed by atoms with Gasteiger partial charge >= 0.3 is 11.7 Å². The van der Waals surface area contributed by atoms with E-state index in [1.54, 1.807) is 6.07 Å². The third kappa shape index (κ3) is 1.53. The predicted molar refractivity (Wildman–Crippen MR) is 41.7 cm³/mol. The van der Waals surface area contributed by atoms with Gasteiger partial charge in [0.05, 0.1) is 0 Å². The van der Waals surface area contributed by atoms with E-state index in [9.17, 15) is 10.0 Å². The Labute approximate surface area is 69.7 Å². The largest absolute Gasteiger partial charge is 0.618 e. The Morgan fingerprint density at radius 1 is 1.75 bits per heavy atom. The normalized spacial score (nSPS) is 9.75. The second-order valence-corrected chi connectivity index (χ2v) is 2.40. The van der Waals surface area contributed by atoms with Gasteiger partial charge in [0.1, 0.15) is 0 Å². The number of nitrogens with zero attached hydrogens (tertiary/aromatic N) is 1. The molecule has 0 spiro atoms. The Kier molecular flexibility index (Phi) is 2.28. The number of hydrogen-bond acceptors (Lipinski definition) is 2. The minimum atomic E-state index is -1.19. The van der Waals surface area contributed by atoms with Crippen LogP contribution in [0.1, 0.15) is 23.0 Å². The topological polar surface area (TPSA) is 64.2 Å². The Bertz CT molecular complexity index is 309. The maximum atomic E-state index is 10.9. The fourth-order valence-corrected chi connectivity index (χ4v) is 0.907. The zero-order valence-electron chi connectivity index (χ0n) is 6.65. The van der Waals surface area contributed by atoms with E-state index in [-0.39, 0.29) is 5.69 Å². The Morgan fingerprint density at radius 2 is 2.42 bits per heavy atom. The van der Waals surface area contributed by atoms with Crippen molar-refractivity contribution < 1.29 is 14.6 Å². The number of carboxylic acid groups (broad SMARTS) is 1. The quantitative estimate of drug-likeness (QED) is 0.517. The van der Waals surface area contributed by atoms with Crippen LogP contribution in [0, 0.1) is 5.21 Å². The molecule has 0 aromatic carbocycles. The van der Waals surface area contributed by atoms with Crippen molar-refractivity contribution in [1.82, 2.24) is 0 Å². The average Bonchev–Trinajstić information content (AvgIpc) is 2.05. The van der Waals surface area contributed by atoms with Crippen molar-refractivity contribution >= 4 is 5.97 Å². The molecule has 1 heterocycles. The molecule has 1 aromatic rings. The minimum Gasteiger partial charge on any atom is -0.618 e. The molecule has 0 radical (unpaired) electrons. The van der Waals surface area contributed by atoms with Gasteiger partial charge in [-0.1, -0.05) is 6.92 Å². The van der Waals surface area contributed by atoms with Gasteiger partial charge in [-0.15, -0.1) is 0 Å². The molecule has 0 aliphatic rings. The third-order valence-electron chi connectivity index (χ3n) is 1.61. The number of rotatable bonds is 2. The molecule has 12 heavy (non-hydrogen) atoms. The summed E-state index contributed by atoms with van der Waals surface area (Å²) in [6.45, 7) is 1.90. The van der Waals surface area contributed by atoms with E-state index in [2.05, 4.69) is 0 Å². The van der Waals surface area contributed by atoms with Crippen molar-refractivity contribution in [2.45, 2.75) is 13.3 Å². The highest BCUT2D eigenvalue weighted by molar-refractivity contribution is 5.83. The molecule has 1 N–H and O–H groups in total. The lowest BCUT2D eigenvalue weighted by atomic mass is 10.2.